The molecule has 1 N–H and O–H groups in total. The number of halogens is 2. The molecular formula is C16H15Cl2N3OS. The molecule has 120 valence electrons. The van der Waals surface area contributed by atoms with Crippen LogP contribution in [0.25, 0.3) is 10.8 Å². The molecular weight excluding hydrogens is 353 g/mol. The third-order valence-corrected chi connectivity index (χ3v) is 4.89. The molecule has 0 amide bonds. The Morgan fingerprint density at radius 1 is 1.13 bits per heavy atom. The van der Waals surface area contributed by atoms with Gasteiger partial charge in [0.15, 0.2) is 0 Å². The van der Waals surface area contributed by atoms with E-state index < -0.39 is 0 Å². The van der Waals surface area contributed by atoms with Crippen LogP contribution in [-0.4, -0.2) is 10.2 Å². The molecule has 0 unspecified atom stereocenters. The van der Waals surface area contributed by atoms with Gasteiger partial charge in [0, 0.05) is 16.1 Å². The van der Waals surface area contributed by atoms with Crippen molar-refractivity contribution in [3.05, 3.63) is 57.2 Å². The Morgan fingerprint density at radius 3 is 2.65 bits per heavy atom. The molecule has 23 heavy (non-hydrogen) atoms. The van der Waals surface area contributed by atoms with E-state index in [0.717, 1.165) is 10.4 Å². The normalized spacial score (nSPS) is 13.9. The van der Waals surface area contributed by atoms with Crippen LogP contribution >= 0.6 is 34.5 Å². The summed E-state index contributed by atoms with van der Waals surface area (Å²) in [5, 5.41) is 14.9. The number of hydrogen-bond acceptors (Lipinski definition) is 5. The number of thiophene rings is 1. The SMILES string of the molecule is C[C@H](N[C@H](C)c1ccc(Cl)cc1Cl)c1nnc(-c2cccs2)o1. The Kier molecular flexibility index (Phi) is 5.02. The summed E-state index contributed by atoms with van der Waals surface area (Å²) in [6.07, 6.45) is 0. The van der Waals surface area contributed by atoms with Crippen LogP contribution in [0.5, 0.6) is 0 Å². The standard InChI is InChI=1S/C16H15Cl2N3OS/c1-9(12-6-5-11(17)8-13(12)18)19-10(2)15-20-21-16(22-15)14-4-3-7-23-14/h3-10,19H,1-2H3/t9-,10+/m1/s1. The molecule has 0 fully saturated rings. The molecule has 4 nitrogen and oxygen atoms in total. The summed E-state index contributed by atoms with van der Waals surface area (Å²) in [5.74, 6) is 1.09. The van der Waals surface area contributed by atoms with Gasteiger partial charge in [-0.2, -0.15) is 0 Å². The van der Waals surface area contributed by atoms with Crippen molar-refractivity contribution in [1.29, 1.82) is 0 Å². The van der Waals surface area contributed by atoms with Crippen LogP contribution < -0.4 is 5.32 Å². The molecule has 0 saturated heterocycles. The van der Waals surface area contributed by atoms with E-state index in [1.807, 2.05) is 43.5 Å². The number of nitrogens with zero attached hydrogens (tertiary/aromatic N) is 2. The maximum absolute atomic E-state index is 6.25. The lowest BCUT2D eigenvalue weighted by molar-refractivity contribution is 0.395. The fourth-order valence-electron chi connectivity index (χ4n) is 2.30. The Balaban J connectivity index is 1.72. The average Bonchev–Trinajstić information content (AvgIpc) is 3.18. The lowest BCUT2D eigenvalue weighted by atomic mass is 10.1. The highest BCUT2D eigenvalue weighted by Crippen LogP contribution is 2.29. The highest BCUT2D eigenvalue weighted by atomic mass is 35.5. The summed E-state index contributed by atoms with van der Waals surface area (Å²) in [4.78, 5) is 0.963. The van der Waals surface area contributed by atoms with Crippen LogP contribution in [0.1, 0.15) is 37.4 Å². The molecule has 0 bridgehead atoms. The maximum Gasteiger partial charge on any atom is 0.257 e. The van der Waals surface area contributed by atoms with Crippen LogP contribution in [0, 0.1) is 0 Å². The van der Waals surface area contributed by atoms with Gasteiger partial charge in [0.05, 0.1) is 10.9 Å². The highest BCUT2D eigenvalue weighted by molar-refractivity contribution is 7.13. The lowest BCUT2D eigenvalue weighted by Crippen LogP contribution is -2.23. The molecule has 1 aromatic carbocycles. The molecule has 0 saturated carbocycles. The van der Waals surface area contributed by atoms with Crippen molar-refractivity contribution >= 4 is 34.5 Å². The molecule has 2 aromatic heterocycles. The van der Waals surface area contributed by atoms with Gasteiger partial charge in [-0.15, -0.1) is 21.5 Å². The Labute approximate surface area is 148 Å². The number of hydrogen-bond donors (Lipinski definition) is 1. The minimum absolute atomic E-state index is 0.0202. The smallest absolute Gasteiger partial charge is 0.257 e. The summed E-state index contributed by atoms with van der Waals surface area (Å²) in [5.41, 5.74) is 0.973. The number of nitrogens with one attached hydrogen (secondary N) is 1. The zero-order valence-electron chi connectivity index (χ0n) is 12.6. The van der Waals surface area contributed by atoms with Crippen molar-refractivity contribution in [3.8, 4) is 10.8 Å². The van der Waals surface area contributed by atoms with E-state index in [4.69, 9.17) is 27.6 Å². The first-order valence-corrected chi connectivity index (χ1v) is 8.76. The first kappa shape index (κ1) is 16.5. The quantitative estimate of drug-likeness (QED) is 0.645. The molecule has 0 aliphatic rings. The number of aromatic nitrogens is 2. The number of benzene rings is 1. The van der Waals surface area contributed by atoms with Gasteiger partial charge in [-0.25, -0.2) is 0 Å². The van der Waals surface area contributed by atoms with Crippen LogP contribution in [0.2, 0.25) is 10.0 Å². The van der Waals surface area contributed by atoms with Crippen LogP contribution in [0.3, 0.4) is 0 Å². The number of rotatable bonds is 5. The van der Waals surface area contributed by atoms with Crippen molar-refractivity contribution in [2.24, 2.45) is 0 Å². The second-order valence-electron chi connectivity index (χ2n) is 5.20. The van der Waals surface area contributed by atoms with Gasteiger partial charge in [-0.1, -0.05) is 35.3 Å². The molecule has 0 spiro atoms. The largest absolute Gasteiger partial charge is 0.418 e. The molecule has 3 aromatic rings. The third kappa shape index (κ3) is 3.75. The fourth-order valence-corrected chi connectivity index (χ4v) is 3.51. The van der Waals surface area contributed by atoms with Gasteiger partial charge < -0.3 is 4.42 Å². The molecule has 2 heterocycles. The minimum atomic E-state index is -0.0991. The van der Waals surface area contributed by atoms with Crippen LogP contribution in [-0.2, 0) is 0 Å². The second kappa shape index (κ2) is 7.01. The van der Waals surface area contributed by atoms with E-state index in [0.29, 0.717) is 21.8 Å². The van der Waals surface area contributed by atoms with E-state index in [1.165, 1.54) is 0 Å². The summed E-state index contributed by atoms with van der Waals surface area (Å²) in [6, 6.07) is 9.31. The molecule has 0 radical (unpaired) electrons. The van der Waals surface area contributed by atoms with E-state index in [2.05, 4.69) is 15.5 Å². The monoisotopic (exact) mass is 367 g/mol. The zero-order valence-corrected chi connectivity index (χ0v) is 14.9. The highest BCUT2D eigenvalue weighted by Gasteiger charge is 2.19. The predicted octanol–water partition coefficient (Wildman–Crippen LogP) is 5.52. The van der Waals surface area contributed by atoms with Gasteiger partial charge in [0.1, 0.15) is 0 Å². The van der Waals surface area contributed by atoms with Crippen LogP contribution in [0.15, 0.2) is 40.1 Å². The molecule has 0 aliphatic heterocycles. The lowest BCUT2D eigenvalue weighted by Gasteiger charge is -2.19. The summed E-state index contributed by atoms with van der Waals surface area (Å²) >= 11 is 13.8. The van der Waals surface area contributed by atoms with Gasteiger partial charge >= 0.3 is 0 Å². The second-order valence-corrected chi connectivity index (χ2v) is 6.99. The predicted molar refractivity (Wildman–Crippen MR) is 94.0 cm³/mol. The van der Waals surface area contributed by atoms with E-state index in [1.54, 1.807) is 17.4 Å². The molecule has 2 atom stereocenters. The van der Waals surface area contributed by atoms with Crippen molar-refractivity contribution < 1.29 is 4.42 Å². The molecule has 7 heteroatoms. The van der Waals surface area contributed by atoms with Crippen molar-refractivity contribution in [2.75, 3.05) is 0 Å². The van der Waals surface area contributed by atoms with Gasteiger partial charge in [-0.05, 0) is 43.0 Å². The first-order chi connectivity index (χ1) is 11.0. The summed E-state index contributed by atoms with van der Waals surface area (Å²) in [7, 11) is 0. The van der Waals surface area contributed by atoms with Crippen LogP contribution in [0.4, 0.5) is 0 Å². The van der Waals surface area contributed by atoms with Crippen molar-refractivity contribution in [2.45, 2.75) is 25.9 Å². The van der Waals surface area contributed by atoms with Crippen molar-refractivity contribution in [1.82, 2.24) is 15.5 Å². The van der Waals surface area contributed by atoms with E-state index >= 15 is 0 Å². The summed E-state index contributed by atoms with van der Waals surface area (Å²) in [6.45, 7) is 4.01. The fraction of sp³-hybridized carbons (Fsp3) is 0.250. The van der Waals surface area contributed by atoms with E-state index in [-0.39, 0.29) is 12.1 Å². The molecule has 0 aliphatic carbocycles. The first-order valence-electron chi connectivity index (χ1n) is 7.13. The minimum Gasteiger partial charge on any atom is -0.418 e. The topological polar surface area (TPSA) is 51.0 Å². The maximum atomic E-state index is 6.25. The third-order valence-electron chi connectivity index (χ3n) is 3.47. The Bertz CT molecular complexity index is 788. The zero-order chi connectivity index (χ0) is 16.4. The van der Waals surface area contributed by atoms with Gasteiger partial charge in [0.25, 0.3) is 5.89 Å². The Morgan fingerprint density at radius 2 is 1.96 bits per heavy atom. The van der Waals surface area contributed by atoms with Gasteiger partial charge in [0.2, 0.25) is 5.89 Å². The summed E-state index contributed by atoms with van der Waals surface area (Å²) < 4.78 is 5.75. The average molecular weight is 368 g/mol. The van der Waals surface area contributed by atoms with Gasteiger partial charge in [-0.3, -0.25) is 5.32 Å². The Hall–Kier alpha value is -1.40. The van der Waals surface area contributed by atoms with E-state index in [9.17, 15) is 0 Å². The van der Waals surface area contributed by atoms with Crippen molar-refractivity contribution in [3.63, 3.8) is 0 Å². The molecule has 3 rings (SSSR count).